The lowest BCUT2D eigenvalue weighted by Crippen LogP contribution is -2.46. The van der Waals surface area contributed by atoms with Crippen LogP contribution in [0.1, 0.15) is 24.0 Å². The maximum Gasteiger partial charge on any atom is 0.285 e. The second-order valence-electron chi connectivity index (χ2n) is 7.70. The second-order valence-corrected chi connectivity index (χ2v) is 9.27. The molecule has 0 bridgehead atoms. The van der Waals surface area contributed by atoms with Crippen molar-refractivity contribution in [3.8, 4) is 12.3 Å². The molecule has 1 saturated heterocycles. The van der Waals surface area contributed by atoms with E-state index in [9.17, 15) is 17.6 Å². The molecule has 4 rings (SSSR count). The van der Waals surface area contributed by atoms with Crippen molar-refractivity contribution in [3.63, 3.8) is 0 Å². The Morgan fingerprint density at radius 1 is 1.23 bits per heavy atom. The summed E-state index contributed by atoms with van der Waals surface area (Å²) in [7, 11) is -3.72. The van der Waals surface area contributed by atoms with E-state index >= 15 is 0 Å². The highest BCUT2D eigenvalue weighted by atomic mass is 32.2. The summed E-state index contributed by atoms with van der Waals surface area (Å²) in [6, 6.07) is 12.7. The van der Waals surface area contributed by atoms with E-state index < -0.39 is 10.0 Å². The van der Waals surface area contributed by atoms with Gasteiger partial charge in [0.15, 0.2) is 5.84 Å². The van der Waals surface area contributed by atoms with Crippen molar-refractivity contribution in [1.29, 1.82) is 0 Å². The monoisotopic (exact) mass is 439 g/mol. The summed E-state index contributed by atoms with van der Waals surface area (Å²) < 4.78 is 42.0. The van der Waals surface area contributed by atoms with Gasteiger partial charge in [0, 0.05) is 25.2 Å². The molecule has 2 aromatic rings. The van der Waals surface area contributed by atoms with Gasteiger partial charge in [0.05, 0.1) is 12.5 Å². The molecular weight excluding hydrogens is 417 g/mol. The average Bonchev–Trinajstić information content (AvgIpc) is 3.06. The van der Waals surface area contributed by atoms with Crippen LogP contribution < -0.4 is 0 Å². The molecule has 2 aliphatic heterocycles. The molecule has 8 heteroatoms. The minimum atomic E-state index is -3.72. The van der Waals surface area contributed by atoms with Crippen molar-refractivity contribution in [2.45, 2.75) is 24.3 Å². The molecule has 2 aliphatic rings. The number of amidine groups is 1. The van der Waals surface area contributed by atoms with E-state index in [0.29, 0.717) is 30.9 Å². The van der Waals surface area contributed by atoms with Crippen LogP contribution in [0.4, 0.5) is 4.39 Å². The molecule has 1 amide bonds. The van der Waals surface area contributed by atoms with E-state index in [1.54, 1.807) is 41.3 Å². The van der Waals surface area contributed by atoms with Crippen LogP contribution in [0.3, 0.4) is 0 Å². The minimum Gasteiger partial charge on any atom is -0.355 e. The fraction of sp³-hybridized carbons (Fsp3) is 0.304. The Hall–Kier alpha value is -3.18. The first-order valence-electron chi connectivity index (χ1n) is 10.0. The Kier molecular flexibility index (Phi) is 5.79. The average molecular weight is 440 g/mol. The molecule has 160 valence electrons. The summed E-state index contributed by atoms with van der Waals surface area (Å²) in [5.41, 5.74) is 1.36. The van der Waals surface area contributed by atoms with Crippen molar-refractivity contribution in [1.82, 2.24) is 9.80 Å². The first kappa shape index (κ1) is 21.1. The molecular formula is C23H22FN3O3S. The second kappa shape index (κ2) is 8.52. The highest BCUT2D eigenvalue weighted by Crippen LogP contribution is 2.30. The van der Waals surface area contributed by atoms with Gasteiger partial charge in [-0.2, -0.15) is 8.42 Å². The van der Waals surface area contributed by atoms with Gasteiger partial charge in [0.2, 0.25) is 5.91 Å². The number of halogens is 1. The number of piperidine rings is 1. The van der Waals surface area contributed by atoms with Crippen molar-refractivity contribution < 1.29 is 17.6 Å². The predicted octanol–water partition coefficient (Wildman–Crippen LogP) is 2.65. The highest BCUT2D eigenvalue weighted by Gasteiger charge is 2.36. The van der Waals surface area contributed by atoms with Gasteiger partial charge in [-0.1, -0.05) is 30.2 Å². The lowest BCUT2D eigenvalue weighted by molar-refractivity contribution is -0.136. The zero-order valence-electron chi connectivity index (χ0n) is 16.9. The standard InChI is InChI=1S/C23H22FN3O3S/c1-2-13-27(15-17-9-11-19(24)12-10-17)23(28)18-6-5-14-26(16-18)22-20-7-3-4-8-21(20)31(29,30)25-22/h1,3-4,7-12,18H,5-6,13-16H2. The largest absolute Gasteiger partial charge is 0.355 e. The van der Waals surface area contributed by atoms with E-state index in [1.165, 1.54) is 12.1 Å². The van der Waals surface area contributed by atoms with Crippen molar-refractivity contribution in [2.24, 2.45) is 10.3 Å². The minimum absolute atomic E-state index is 0.0956. The summed E-state index contributed by atoms with van der Waals surface area (Å²) in [6.07, 6.45) is 6.90. The topological polar surface area (TPSA) is 70.1 Å². The maximum atomic E-state index is 13.3. The Morgan fingerprint density at radius 3 is 2.71 bits per heavy atom. The fourth-order valence-electron chi connectivity index (χ4n) is 4.08. The molecule has 1 fully saturated rings. The summed E-state index contributed by atoms with van der Waals surface area (Å²) in [6.45, 7) is 1.43. The number of carbonyl (C=O) groups is 1. The number of hydrogen-bond acceptors (Lipinski definition) is 4. The van der Waals surface area contributed by atoms with Gasteiger partial charge in [-0.05, 0) is 42.7 Å². The first-order valence-corrected chi connectivity index (χ1v) is 11.5. The summed E-state index contributed by atoms with van der Waals surface area (Å²) in [5.74, 6) is 2.16. The van der Waals surface area contributed by atoms with Crippen LogP contribution >= 0.6 is 0 Å². The van der Waals surface area contributed by atoms with E-state index in [4.69, 9.17) is 6.42 Å². The van der Waals surface area contributed by atoms with Crippen LogP contribution in [-0.2, 0) is 21.4 Å². The lowest BCUT2D eigenvalue weighted by Gasteiger charge is -2.35. The van der Waals surface area contributed by atoms with Crippen molar-refractivity contribution >= 4 is 21.8 Å². The quantitative estimate of drug-likeness (QED) is 0.687. The number of fused-ring (bicyclic) bond motifs is 1. The van der Waals surface area contributed by atoms with Gasteiger partial charge in [-0.15, -0.1) is 10.8 Å². The number of carbonyl (C=O) groups excluding carboxylic acids is 1. The van der Waals surface area contributed by atoms with Gasteiger partial charge < -0.3 is 9.80 Å². The molecule has 0 spiro atoms. The van der Waals surface area contributed by atoms with E-state index in [-0.39, 0.29) is 35.6 Å². The zero-order chi connectivity index (χ0) is 22.0. The van der Waals surface area contributed by atoms with Crippen LogP contribution in [0, 0.1) is 24.1 Å². The van der Waals surface area contributed by atoms with Crippen LogP contribution in [0.2, 0.25) is 0 Å². The maximum absolute atomic E-state index is 13.3. The molecule has 6 nitrogen and oxygen atoms in total. The molecule has 0 aromatic heterocycles. The van der Waals surface area contributed by atoms with E-state index in [0.717, 1.165) is 12.0 Å². The van der Waals surface area contributed by atoms with Gasteiger partial charge in [-0.25, -0.2) is 4.39 Å². The fourth-order valence-corrected chi connectivity index (χ4v) is 5.31. The predicted molar refractivity (Wildman–Crippen MR) is 115 cm³/mol. The van der Waals surface area contributed by atoms with Gasteiger partial charge in [0.1, 0.15) is 10.7 Å². The smallest absolute Gasteiger partial charge is 0.285 e. The van der Waals surface area contributed by atoms with Crippen LogP contribution in [0.25, 0.3) is 0 Å². The van der Waals surface area contributed by atoms with Gasteiger partial charge in [-0.3, -0.25) is 4.79 Å². The van der Waals surface area contributed by atoms with Gasteiger partial charge >= 0.3 is 0 Å². The van der Waals surface area contributed by atoms with E-state index in [2.05, 4.69) is 10.3 Å². The Balaban J connectivity index is 1.53. The van der Waals surface area contributed by atoms with Gasteiger partial charge in [0.25, 0.3) is 10.0 Å². The zero-order valence-corrected chi connectivity index (χ0v) is 17.7. The Bertz CT molecular complexity index is 1170. The number of likely N-dealkylation sites (tertiary alicyclic amines) is 1. The van der Waals surface area contributed by atoms with Crippen molar-refractivity contribution in [3.05, 3.63) is 65.5 Å². The number of hydrogen-bond donors (Lipinski definition) is 0. The molecule has 0 radical (unpaired) electrons. The molecule has 0 saturated carbocycles. The number of rotatable bonds is 4. The number of terminal acetylenes is 1. The highest BCUT2D eigenvalue weighted by molar-refractivity contribution is 7.90. The molecule has 2 aromatic carbocycles. The van der Waals surface area contributed by atoms with Crippen LogP contribution in [0.5, 0.6) is 0 Å². The van der Waals surface area contributed by atoms with Crippen LogP contribution in [-0.4, -0.2) is 49.6 Å². The van der Waals surface area contributed by atoms with Crippen LogP contribution in [0.15, 0.2) is 57.8 Å². The third-order valence-corrected chi connectivity index (χ3v) is 6.89. The lowest BCUT2D eigenvalue weighted by atomic mass is 9.95. The Labute approximate surface area is 181 Å². The molecule has 1 atom stereocenters. The van der Waals surface area contributed by atoms with E-state index in [1.807, 2.05) is 4.90 Å². The first-order chi connectivity index (χ1) is 14.9. The number of amides is 1. The Morgan fingerprint density at radius 2 is 1.97 bits per heavy atom. The molecule has 2 heterocycles. The number of sulfonamides is 1. The molecule has 1 unspecified atom stereocenters. The molecule has 31 heavy (non-hydrogen) atoms. The summed E-state index contributed by atoms with van der Waals surface area (Å²) in [4.78, 5) is 16.9. The number of benzene rings is 2. The number of nitrogens with zero attached hydrogens (tertiary/aromatic N) is 3. The molecule has 0 aliphatic carbocycles. The third-order valence-electron chi connectivity index (χ3n) is 5.56. The summed E-state index contributed by atoms with van der Waals surface area (Å²) in [5, 5.41) is 0. The SMILES string of the molecule is C#CCN(Cc1ccc(F)cc1)C(=O)C1CCCN(C2=NS(=O)(=O)c3ccccc32)C1. The van der Waals surface area contributed by atoms with Crippen molar-refractivity contribution in [2.75, 3.05) is 19.6 Å². The third kappa shape index (κ3) is 4.32. The molecule has 0 N–H and O–H groups in total. The summed E-state index contributed by atoms with van der Waals surface area (Å²) >= 11 is 0. The normalized spacial score (nSPS) is 19.3.